The van der Waals surface area contributed by atoms with E-state index < -0.39 is 11.5 Å². The average molecular weight is 296 g/mol. The van der Waals surface area contributed by atoms with Crippen molar-refractivity contribution in [2.45, 2.75) is 5.51 Å². The van der Waals surface area contributed by atoms with E-state index in [1.165, 1.54) is 25.3 Å². The first-order valence-electron chi connectivity index (χ1n) is 5.09. The predicted molar refractivity (Wildman–Crippen MR) is 64.0 cm³/mol. The summed E-state index contributed by atoms with van der Waals surface area (Å²) >= 11 is -0.233. The number of halogens is 3. The Morgan fingerprint density at radius 1 is 1.42 bits per heavy atom. The largest absolute Gasteiger partial charge is 0.493 e. The quantitative estimate of drug-likeness (QED) is 0.818. The number of methoxy groups -OCH3 is 1. The molecule has 0 radical (unpaired) electrons. The van der Waals surface area contributed by atoms with E-state index >= 15 is 0 Å². The van der Waals surface area contributed by atoms with E-state index in [1.807, 2.05) is 0 Å². The first kappa shape index (κ1) is 15.5. The summed E-state index contributed by atoms with van der Waals surface area (Å²) in [5.41, 5.74) is -4.49. The highest BCUT2D eigenvalue weighted by molar-refractivity contribution is 8.00. The van der Waals surface area contributed by atoms with Gasteiger partial charge in [-0.1, -0.05) is 6.07 Å². The lowest BCUT2D eigenvalue weighted by molar-refractivity contribution is -0.0329. The Morgan fingerprint density at radius 2 is 2.11 bits per heavy atom. The van der Waals surface area contributed by atoms with Crippen molar-refractivity contribution in [1.29, 1.82) is 0 Å². The van der Waals surface area contributed by atoms with E-state index in [2.05, 4.69) is 0 Å². The Hall–Kier alpha value is -1.57. The van der Waals surface area contributed by atoms with Gasteiger partial charge in [-0.2, -0.15) is 13.2 Å². The zero-order valence-corrected chi connectivity index (χ0v) is 10.7. The first-order valence-corrected chi connectivity index (χ1v) is 6.07. The Bertz CT molecular complexity index is 448. The van der Waals surface area contributed by atoms with E-state index in [1.54, 1.807) is 0 Å². The number of para-hydroxylation sites is 1. The minimum absolute atomic E-state index is 0.0692. The van der Waals surface area contributed by atoms with Crippen LogP contribution in [0.2, 0.25) is 0 Å². The van der Waals surface area contributed by atoms with Gasteiger partial charge in [0.2, 0.25) is 0 Å². The van der Waals surface area contributed by atoms with E-state index in [0.717, 1.165) is 0 Å². The molecular weight excluding hydrogens is 285 g/mol. The van der Waals surface area contributed by atoms with Gasteiger partial charge in [0.1, 0.15) is 5.56 Å². The van der Waals surface area contributed by atoms with Crippen molar-refractivity contribution in [1.82, 2.24) is 0 Å². The lowest BCUT2D eigenvalue weighted by atomic mass is 10.2. The number of alkyl halides is 3. The van der Waals surface area contributed by atoms with Crippen LogP contribution in [0.5, 0.6) is 11.5 Å². The molecule has 19 heavy (non-hydrogen) atoms. The first-order chi connectivity index (χ1) is 8.85. The van der Waals surface area contributed by atoms with Crippen LogP contribution in [0, 0.1) is 0 Å². The van der Waals surface area contributed by atoms with Crippen molar-refractivity contribution >= 4 is 17.7 Å². The Labute approximate surface area is 111 Å². The Kier molecular flexibility index (Phi) is 5.34. The molecule has 1 N–H and O–H groups in total. The van der Waals surface area contributed by atoms with Gasteiger partial charge in [0.05, 0.1) is 13.7 Å². The molecule has 1 rings (SSSR count). The van der Waals surface area contributed by atoms with Crippen molar-refractivity contribution in [3.05, 3.63) is 23.8 Å². The summed E-state index contributed by atoms with van der Waals surface area (Å²) in [7, 11) is 1.32. The zero-order chi connectivity index (χ0) is 14.5. The van der Waals surface area contributed by atoms with Gasteiger partial charge < -0.3 is 14.6 Å². The third kappa shape index (κ3) is 4.90. The van der Waals surface area contributed by atoms with E-state index in [4.69, 9.17) is 14.6 Å². The van der Waals surface area contributed by atoms with Crippen molar-refractivity contribution in [2.75, 3.05) is 19.5 Å². The summed E-state index contributed by atoms with van der Waals surface area (Å²) in [6.07, 6.45) is 0. The molecule has 0 heterocycles. The molecule has 1 aromatic carbocycles. The fourth-order valence-electron chi connectivity index (χ4n) is 1.29. The van der Waals surface area contributed by atoms with Crippen LogP contribution in [0.1, 0.15) is 10.4 Å². The minimum atomic E-state index is -4.33. The Balaban J connectivity index is 2.73. The van der Waals surface area contributed by atoms with Crippen LogP contribution in [0.15, 0.2) is 18.2 Å². The van der Waals surface area contributed by atoms with Gasteiger partial charge >= 0.3 is 11.5 Å². The molecule has 8 heteroatoms. The van der Waals surface area contributed by atoms with Crippen molar-refractivity contribution in [3.8, 4) is 11.5 Å². The fraction of sp³-hybridized carbons (Fsp3) is 0.364. The van der Waals surface area contributed by atoms with Crippen LogP contribution in [-0.2, 0) is 0 Å². The highest BCUT2D eigenvalue weighted by Crippen LogP contribution is 2.33. The molecule has 106 valence electrons. The van der Waals surface area contributed by atoms with Gasteiger partial charge in [0.15, 0.2) is 11.5 Å². The van der Waals surface area contributed by atoms with Crippen LogP contribution in [-0.4, -0.2) is 36.1 Å². The third-order valence-electron chi connectivity index (χ3n) is 2.02. The van der Waals surface area contributed by atoms with Gasteiger partial charge in [-0.25, -0.2) is 4.79 Å². The van der Waals surface area contributed by atoms with Gasteiger partial charge in [0.25, 0.3) is 0 Å². The number of carbonyl (C=O) groups is 1. The summed E-state index contributed by atoms with van der Waals surface area (Å²) in [5.74, 6) is -1.48. The number of carboxylic acid groups (broad SMARTS) is 1. The van der Waals surface area contributed by atoms with Crippen molar-refractivity contribution in [3.63, 3.8) is 0 Å². The van der Waals surface area contributed by atoms with Gasteiger partial charge in [-0.3, -0.25) is 0 Å². The molecule has 0 saturated heterocycles. The lowest BCUT2D eigenvalue weighted by Crippen LogP contribution is -2.10. The number of benzene rings is 1. The van der Waals surface area contributed by atoms with Crippen molar-refractivity contribution in [2.24, 2.45) is 0 Å². The molecule has 0 fully saturated rings. The molecule has 0 bridgehead atoms. The number of thioether (sulfide) groups is 1. The molecule has 0 aliphatic rings. The topological polar surface area (TPSA) is 55.8 Å². The molecule has 0 saturated carbocycles. The number of ether oxygens (including phenoxy) is 2. The maximum atomic E-state index is 11.9. The van der Waals surface area contributed by atoms with Crippen molar-refractivity contribution < 1.29 is 32.5 Å². The second-order valence-electron chi connectivity index (χ2n) is 3.28. The summed E-state index contributed by atoms with van der Waals surface area (Å²) < 4.78 is 45.8. The van der Waals surface area contributed by atoms with Crippen LogP contribution in [0.25, 0.3) is 0 Å². The SMILES string of the molecule is COc1cccc(C(=O)O)c1OCCSC(F)(F)F. The van der Waals surface area contributed by atoms with E-state index in [9.17, 15) is 18.0 Å². The minimum Gasteiger partial charge on any atom is -0.493 e. The maximum Gasteiger partial charge on any atom is 0.441 e. The van der Waals surface area contributed by atoms with E-state index in [-0.39, 0.29) is 41.2 Å². The average Bonchev–Trinajstić information content (AvgIpc) is 2.33. The standard InChI is InChI=1S/C11H11F3O4S/c1-17-8-4-2-3-7(10(15)16)9(8)18-5-6-19-11(12,13)14/h2-4H,5-6H2,1H3,(H,15,16). The summed E-state index contributed by atoms with van der Waals surface area (Å²) in [5, 5.41) is 8.95. The van der Waals surface area contributed by atoms with Crippen LogP contribution >= 0.6 is 11.8 Å². The fourth-order valence-corrected chi connectivity index (χ4v) is 1.69. The number of hydrogen-bond donors (Lipinski definition) is 1. The highest BCUT2D eigenvalue weighted by Gasteiger charge is 2.27. The molecule has 0 spiro atoms. The summed E-state index contributed by atoms with van der Waals surface area (Å²) in [4.78, 5) is 11.0. The molecule has 4 nitrogen and oxygen atoms in total. The number of rotatable bonds is 6. The summed E-state index contributed by atoms with van der Waals surface area (Å²) in [6, 6.07) is 4.22. The van der Waals surface area contributed by atoms with Gasteiger partial charge in [0, 0.05) is 5.75 Å². The molecular formula is C11H11F3O4S. The smallest absolute Gasteiger partial charge is 0.441 e. The number of hydrogen-bond acceptors (Lipinski definition) is 4. The lowest BCUT2D eigenvalue weighted by Gasteiger charge is -2.13. The second-order valence-corrected chi connectivity index (χ2v) is 4.44. The molecule has 1 aromatic rings. The number of carboxylic acids is 1. The highest BCUT2D eigenvalue weighted by atomic mass is 32.2. The molecule has 0 aliphatic heterocycles. The normalized spacial score (nSPS) is 11.2. The maximum absolute atomic E-state index is 11.9. The van der Waals surface area contributed by atoms with Gasteiger partial charge in [-0.05, 0) is 23.9 Å². The second kappa shape index (κ2) is 6.55. The molecule has 0 aliphatic carbocycles. The van der Waals surface area contributed by atoms with Crippen LogP contribution in [0.4, 0.5) is 13.2 Å². The van der Waals surface area contributed by atoms with Gasteiger partial charge in [-0.15, -0.1) is 0 Å². The molecule has 0 aromatic heterocycles. The molecule has 0 amide bonds. The molecule has 0 atom stereocenters. The molecule has 0 unspecified atom stereocenters. The number of aromatic carboxylic acids is 1. The summed E-state index contributed by atoms with van der Waals surface area (Å²) in [6.45, 7) is -0.273. The predicted octanol–water partition coefficient (Wildman–Crippen LogP) is 3.03. The Morgan fingerprint density at radius 3 is 2.63 bits per heavy atom. The third-order valence-corrected chi connectivity index (χ3v) is 2.72. The van der Waals surface area contributed by atoms with Crippen LogP contribution < -0.4 is 9.47 Å². The van der Waals surface area contributed by atoms with Crippen LogP contribution in [0.3, 0.4) is 0 Å². The monoisotopic (exact) mass is 296 g/mol. The van der Waals surface area contributed by atoms with E-state index in [0.29, 0.717) is 0 Å². The zero-order valence-electron chi connectivity index (χ0n) is 9.86.